The van der Waals surface area contributed by atoms with Gasteiger partial charge in [-0.2, -0.15) is 0 Å². The summed E-state index contributed by atoms with van der Waals surface area (Å²) in [4.78, 5) is 17.7. The van der Waals surface area contributed by atoms with E-state index in [0.29, 0.717) is 5.56 Å². The highest BCUT2D eigenvalue weighted by molar-refractivity contribution is 6.05. The number of amides is 1. The third kappa shape index (κ3) is 2.48. The molecular weight excluding hydrogens is 228 g/mol. The first-order chi connectivity index (χ1) is 8.58. The number of carbonyl (C=O) groups excluding carboxylic acids is 1. The lowest BCUT2D eigenvalue weighted by Gasteiger charge is -2.17. The van der Waals surface area contributed by atoms with Gasteiger partial charge in [-0.1, -0.05) is 0 Å². The maximum atomic E-state index is 12.2. The fourth-order valence-corrected chi connectivity index (χ4v) is 1.66. The Morgan fingerprint density at radius 2 is 1.89 bits per heavy atom. The van der Waals surface area contributed by atoms with Crippen molar-refractivity contribution in [1.82, 2.24) is 4.98 Å². The second kappa shape index (κ2) is 4.87. The normalized spacial score (nSPS) is 10.1. The molecule has 1 aromatic carbocycles. The van der Waals surface area contributed by atoms with E-state index in [1.165, 1.54) is 4.90 Å². The third-order valence-corrected chi connectivity index (χ3v) is 2.66. The molecule has 4 heteroatoms. The van der Waals surface area contributed by atoms with Gasteiger partial charge in [0.15, 0.2) is 0 Å². The average Bonchev–Trinajstić information content (AvgIpc) is 2.38. The van der Waals surface area contributed by atoms with E-state index in [-0.39, 0.29) is 11.7 Å². The topological polar surface area (TPSA) is 53.4 Å². The quantitative estimate of drug-likeness (QED) is 0.879. The van der Waals surface area contributed by atoms with Gasteiger partial charge in [0.2, 0.25) is 0 Å². The first-order valence-corrected chi connectivity index (χ1v) is 5.56. The minimum Gasteiger partial charge on any atom is -0.508 e. The Morgan fingerprint density at radius 1 is 1.22 bits per heavy atom. The first kappa shape index (κ1) is 12.1. The predicted octanol–water partition coefficient (Wildman–Crippen LogP) is 2.37. The van der Waals surface area contributed by atoms with Gasteiger partial charge in [-0.15, -0.1) is 0 Å². The van der Waals surface area contributed by atoms with E-state index < -0.39 is 0 Å². The Bertz CT molecular complexity index is 564. The number of benzene rings is 1. The van der Waals surface area contributed by atoms with Crippen LogP contribution in [-0.2, 0) is 0 Å². The Hall–Kier alpha value is -2.36. The monoisotopic (exact) mass is 242 g/mol. The van der Waals surface area contributed by atoms with Gasteiger partial charge in [-0.25, -0.2) is 0 Å². The summed E-state index contributed by atoms with van der Waals surface area (Å²) in [6.45, 7) is 1.89. The van der Waals surface area contributed by atoms with E-state index in [1.54, 1.807) is 49.8 Å². The molecule has 0 aliphatic carbocycles. The van der Waals surface area contributed by atoms with Crippen LogP contribution >= 0.6 is 0 Å². The maximum absolute atomic E-state index is 12.2. The zero-order valence-electron chi connectivity index (χ0n) is 10.3. The number of aryl methyl sites for hydroxylation is 1. The number of phenols is 1. The van der Waals surface area contributed by atoms with Crippen LogP contribution in [0.2, 0.25) is 0 Å². The second-order valence-corrected chi connectivity index (χ2v) is 4.13. The maximum Gasteiger partial charge on any atom is 0.259 e. The minimum atomic E-state index is -0.128. The van der Waals surface area contributed by atoms with Crippen LogP contribution in [0.5, 0.6) is 5.75 Å². The van der Waals surface area contributed by atoms with Crippen molar-refractivity contribution in [3.8, 4) is 5.75 Å². The van der Waals surface area contributed by atoms with Crippen molar-refractivity contribution in [3.05, 3.63) is 53.9 Å². The van der Waals surface area contributed by atoms with Gasteiger partial charge < -0.3 is 10.0 Å². The van der Waals surface area contributed by atoms with Gasteiger partial charge in [0, 0.05) is 25.1 Å². The fourth-order valence-electron chi connectivity index (χ4n) is 1.66. The summed E-state index contributed by atoms with van der Waals surface area (Å²) in [5.74, 6) is 0.0497. The number of aromatic nitrogens is 1. The Labute approximate surface area is 106 Å². The van der Waals surface area contributed by atoms with E-state index >= 15 is 0 Å². The average molecular weight is 242 g/mol. The lowest BCUT2D eigenvalue weighted by molar-refractivity contribution is 0.0992. The third-order valence-electron chi connectivity index (χ3n) is 2.66. The summed E-state index contributed by atoms with van der Waals surface area (Å²) >= 11 is 0. The van der Waals surface area contributed by atoms with Gasteiger partial charge >= 0.3 is 0 Å². The largest absolute Gasteiger partial charge is 0.508 e. The van der Waals surface area contributed by atoms with Crippen molar-refractivity contribution < 1.29 is 9.90 Å². The first-order valence-electron chi connectivity index (χ1n) is 5.56. The molecule has 4 nitrogen and oxygen atoms in total. The highest BCUT2D eigenvalue weighted by Crippen LogP contribution is 2.19. The predicted molar refractivity (Wildman–Crippen MR) is 69.8 cm³/mol. The van der Waals surface area contributed by atoms with Gasteiger partial charge in [0.05, 0.1) is 5.56 Å². The molecule has 0 saturated heterocycles. The molecule has 1 N–H and O–H groups in total. The number of hydrogen-bond donors (Lipinski definition) is 1. The smallest absolute Gasteiger partial charge is 0.259 e. The molecule has 2 aromatic rings. The van der Waals surface area contributed by atoms with Crippen molar-refractivity contribution in [2.24, 2.45) is 0 Å². The Kier molecular flexibility index (Phi) is 3.28. The van der Waals surface area contributed by atoms with Crippen LogP contribution in [0.15, 0.2) is 42.7 Å². The molecule has 0 radical (unpaired) electrons. The Balaban J connectivity index is 2.26. The van der Waals surface area contributed by atoms with Gasteiger partial charge in [-0.05, 0) is 42.8 Å². The van der Waals surface area contributed by atoms with Crippen LogP contribution < -0.4 is 4.90 Å². The zero-order valence-corrected chi connectivity index (χ0v) is 10.3. The molecule has 0 aliphatic rings. The van der Waals surface area contributed by atoms with Gasteiger partial charge in [0.1, 0.15) is 5.75 Å². The highest BCUT2D eigenvalue weighted by atomic mass is 16.3. The molecule has 0 fully saturated rings. The lowest BCUT2D eigenvalue weighted by Crippen LogP contribution is -2.26. The molecule has 0 bridgehead atoms. The molecule has 0 atom stereocenters. The molecule has 1 amide bonds. The van der Waals surface area contributed by atoms with Crippen LogP contribution in [0, 0.1) is 6.92 Å². The van der Waals surface area contributed by atoms with Crippen LogP contribution in [-0.4, -0.2) is 23.0 Å². The molecule has 2 rings (SSSR count). The van der Waals surface area contributed by atoms with Crippen LogP contribution in [0.25, 0.3) is 0 Å². The van der Waals surface area contributed by atoms with Crippen molar-refractivity contribution in [3.63, 3.8) is 0 Å². The summed E-state index contributed by atoms with van der Waals surface area (Å²) < 4.78 is 0. The number of nitrogens with zero attached hydrogens (tertiary/aromatic N) is 2. The summed E-state index contributed by atoms with van der Waals surface area (Å²) in [5, 5.41) is 9.22. The fraction of sp³-hybridized carbons (Fsp3) is 0.143. The molecule has 0 spiro atoms. The van der Waals surface area contributed by atoms with Crippen molar-refractivity contribution in [2.75, 3.05) is 11.9 Å². The van der Waals surface area contributed by atoms with E-state index in [2.05, 4.69) is 4.98 Å². The molecule has 92 valence electrons. The number of hydrogen-bond acceptors (Lipinski definition) is 3. The highest BCUT2D eigenvalue weighted by Gasteiger charge is 2.13. The molecular formula is C14H14N2O2. The SMILES string of the molecule is Cc1cncc(C(=O)N(C)c2ccc(O)cc2)c1. The summed E-state index contributed by atoms with van der Waals surface area (Å²) in [5.41, 5.74) is 2.21. The summed E-state index contributed by atoms with van der Waals surface area (Å²) in [7, 11) is 1.69. The molecule has 0 unspecified atom stereocenters. The van der Waals surface area contributed by atoms with Gasteiger partial charge in [-0.3, -0.25) is 9.78 Å². The Morgan fingerprint density at radius 3 is 2.50 bits per heavy atom. The number of anilines is 1. The molecule has 18 heavy (non-hydrogen) atoms. The lowest BCUT2D eigenvalue weighted by atomic mass is 10.2. The molecule has 1 heterocycles. The van der Waals surface area contributed by atoms with Crippen LogP contribution in [0.1, 0.15) is 15.9 Å². The van der Waals surface area contributed by atoms with Crippen LogP contribution in [0.4, 0.5) is 5.69 Å². The van der Waals surface area contributed by atoms with Crippen molar-refractivity contribution in [1.29, 1.82) is 0 Å². The zero-order chi connectivity index (χ0) is 13.1. The second-order valence-electron chi connectivity index (χ2n) is 4.13. The van der Waals surface area contributed by atoms with Crippen molar-refractivity contribution >= 4 is 11.6 Å². The molecule has 1 aromatic heterocycles. The number of phenolic OH excluding ortho intramolecular Hbond substituents is 1. The van der Waals surface area contributed by atoms with Crippen LogP contribution in [0.3, 0.4) is 0 Å². The summed E-state index contributed by atoms with van der Waals surface area (Å²) in [6.07, 6.45) is 3.25. The van der Waals surface area contributed by atoms with E-state index in [0.717, 1.165) is 11.3 Å². The van der Waals surface area contributed by atoms with Gasteiger partial charge in [0.25, 0.3) is 5.91 Å². The van der Waals surface area contributed by atoms with Crippen molar-refractivity contribution in [2.45, 2.75) is 6.92 Å². The molecule has 0 saturated carbocycles. The summed E-state index contributed by atoms with van der Waals surface area (Å²) in [6, 6.07) is 8.28. The number of aromatic hydroxyl groups is 1. The number of carbonyl (C=O) groups is 1. The minimum absolute atomic E-state index is 0.128. The van der Waals surface area contributed by atoms with E-state index in [1.807, 2.05) is 6.92 Å². The van der Waals surface area contributed by atoms with E-state index in [4.69, 9.17) is 0 Å². The van der Waals surface area contributed by atoms with E-state index in [9.17, 15) is 9.90 Å². The number of rotatable bonds is 2. The standard InChI is InChI=1S/C14H14N2O2/c1-10-7-11(9-15-8-10)14(18)16(2)12-3-5-13(17)6-4-12/h3-9,17H,1-2H3. The molecule has 0 aliphatic heterocycles. The number of pyridine rings is 1.